The zero-order valence-electron chi connectivity index (χ0n) is 12.6. The van der Waals surface area contributed by atoms with Crippen molar-refractivity contribution >= 4 is 0 Å². The van der Waals surface area contributed by atoms with E-state index < -0.39 is 0 Å². The van der Waals surface area contributed by atoms with Gasteiger partial charge in [-0.05, 0) is 37.2 Å². The maximum Gasteiger partial charge on any atom is 0.0625 e. The van der Waals surface area contributed by atoms with Crippen molar-refractivity contribution in [1.29, 1.82) is 0 Å². The Labute approximate surface area is 112 Å². The summed E-state index contributed by atoms with van der Waals surface area (Å²) >= 11 is 0. The first-order valence-electron chi connectivity index (χ1n) is 7.18. The van der Waals surface area contributed by atoms with Crippen LogP contribution < -0.4 is 5.73 Å². The summed E-state index contributed by atoms with van der Waals surface area (Å²) in [5.74, 6) is 0. The molecule has 3 nitrogen and oxygen atoms in total. The third-order valence-corrected chi connectivity index (χ3v) is 3.80. The minimum Gasteiger partial charge on any atom is -0.327 e. The van der Waals surface area contributed by atoms with Crippen LogP contribution in [0.1, 0.15) is 65.6 Å². The zero-order valence-corrected chi connectivity index (χ0v) is 12.6. The van der Waals surface area contributed by atoms with Crippen molar-refractivity contribution in [3.8, 4) is 0 Å². The van der Waals surface area contributed by atoms with Gasteiger partial charge in [-0.15, -0.1) is 0 Å². The predicted octanol–water partition coefficient (Wildman–Crippen LogP) is 3.55. The SMILES string of the molecule is CCC(CC)n1ccc(CCC(N)C(C)(C)C)n1. The summed E-state index contributed by atoms with van der Waals surface area (Å²) in [7, 11) is 0. The highest BCUT2D eigenvalue weighted by Crippen LogP contribution is 2.21. The van der Waals surface area contributed by atoms with Crippen LogP contribution in [-0.2, 0) is 6.42 Å². The monoisotopic (exact) mass is 251 g/mol. The van der Waals surface area contributed by atoms with Crippen molar-refractivity contribution in [2.24, 2.45) is 11.1 Å². The molecular formula is C15H29N3. The van der Waals surface area contributed by atoms with E-state index in [2.05, 4.69) is 56.7 Å². The molecule has 1 rings (SSSR count). The van der Waals surface area contributed by atoms with Gasteiger partial charge in [0.2, 0.25) is 0 Å². The Bertz CT molecular complexity index is 345. The predicted molar refractivity (Wildman–Crippen MR) is 77.6 cm³/mol. The maximum absolute atomic E-state index is 6.18. The first-order chi connectivity index (χ1) is 8.38. The Balaban J connectivity index is 2.54. The van der Waals surface area contributed by atoms with Crippen molar-refractivity contribution in [2.45, 2.75) is 72.4 Å². The summed E-state index contributed by atoms with van der Waals surface area (Å²) in [4.78, 5) is 0. The molecule has 1 atom stereocenters. The molecule has 0 amide bonds. The van der Waals surface area contributed by atoms with Crippen LogP contribution in [-0.4, -0.2) is 15.8 Å². The van der Waals surface area contributed by atoms with Crippen LogP contribution in [0, 0.1) is 5.41 Å². The number of hydrogen-bond acceptors (Lipinski definition) is 2. The first kappa shape index (κ1) is 15.2. The van der Waals surface area contributed by atoms with Gasteiger partial charge in [0.25, 0.3) is 0 Å². The van der Waals surface area contributed by atoms with Crippen molar-refractivity contribution in [3.05, 3.63) is 18.0 Å². The Hall–Kier alpha value is -0.830. The van der Waals surface area contributed by atoms with E-state index in [-0.39, 0.29) is 11.5 Å². The van der Waals surface area contributed by atoms with Gasteiger partial charge in [0.05, 0.1) is 11.7 Å². The molecule has 1 aromatic rings. The quantitative estimate of drug-likeness (QED) is 0.840. The van der Waals surface area contributed by atoms with E-state index in [9.17, 15) is 0 Å². The second kappa shape index (κ2) is 6.37. The number of nitrogens with zero attached hydrogens (tertiary/aromatic N) is 2. The van der Waals surface area contributed by atoms with Gasteiger partial charge in [-0.1, -0.05) is 34.6 Å². The molecule has 0 aliphatic carbocycles. The highest BCUT2D eigenvalue weighted by molar-refractivity contribution is 5.01. The fraction of sp³-hybridized carbons (Fsp3) is 0.800. The maximum atomic E-state index is 6.18. The lowest BCUT2D eigenvalue weighted by Gasteiger charge is -2.26. The van der Waals surface area contributed by atoms with Crippen LogP contribution in [0.4, 0.5) is 0 Å². The summed E-state index contributed by atoms with van der Waals surface area (Å²) < 4.78 is 2.11. The molecule has 0 aliphatic heterocycles. The van der Waals surface area contributed by atoms with Crippen molar-refractivity contribution in [3.63, 3.8) is 0 Å². The molecule has 0 saturated heterocycles. The highest BCUT2D eigenvalue weighted by atomic mass is 15.3. The van der Waals surface area contributed by atoms with Crippen molar-refractivity contribution < 1.29 is 0 Å². The van der Waals surface area contributed by atoms with Crippen LogP contribution in [0.3, 0.4) is 0 Å². The van der Waals surface area contributed by atoms with E-state index in [1.54, 1.807) is 0 Å². The molecule has 0 spiro atoms. The molecule has 0 fully saturated rings. The largest absolute Gasteiger partial charge is 0.327 e. The molecule has 104 valence electrons. The first-order valence-corrected chi connectivity index (χ1v) is 7.18. The van der Waals surface area contributed by atoms with Crippen LogP contribution in [0.2, 0.25) is 0 Å². The van der Waals surface area contributed by atoms with Gasteiger partial charge in [0, 0.05) is 12.2 Å². The Morgan fingerprint density at radius 2 is 1.89 bits per heavy atom. The molecule has 0 saturated carbocycles. The van der Waals surface area contributed by atoms with Crippen LogP contribution in [0.25, 0.3) is 0 Å². The van der Waals surface area contributed by atoms with E-state index >= 15 is 0 Å². The van der Waals surface area contributed by atoms with Gasteiger partial charge in [0.1, 0.15) is 0 Å². The van der Waals surface area contributed by atoms with E-state index in [0.717, 1.165) is 25.7 Å². The number of aryl methyl sites for hydroxylation is 1. The summed E-state index contributed by atoms with van der Waals surface area (Å²) in [6.45, 7) is 11.0. The Morgan fingerprint density at radius 3 is 2.39 bits per heavy atom. The molecule has 1 unspecified atom stereocenters. The number of aromatic nitrogens is 2. The minimum atomic E-state index is 0.179. The Morgan fingerprint density at radius 1 is 1.28 bits per heavy atom. The van der Waals surface area contributed by atoms with Crippen LogP contribution in [0.5, 0.6) is 0 Å². The third kappa shape index (κ3) is 4.13. The molecule has 18 heavy (non-hydrogen) atoms. The molecule has 1 aromatic heterocycles. The summed E-state index contributed by atoms with van der Waals surface area (Å²) in [5.41, 5.74) is 7.53. The minimum absolute atomic E-state index is 0.179. The fourth-order valence-electron chi connectivity index (χ4n) is 2.11. The topological polar surface area (TPSA) is 43.8 Å². The van der Waals surface area contributed by atoms with Gasteiger partial charge in [0.15, 0.2) is 0 Å². The van der Waals surface area contributed by atoms with Crippen LogP contribution >= 0.6 is 0 Å². The van der Waals surface area contributed by atoms with Crippen molar-refractivity contribution in [1.82, 2.24) is 9.78 Å². The van der Waals surface area contributed by atoms with Gasteiger partial charge in [-0.2, -0.15) is 5.10 Å². The van der Waals surface area contributed by atoms with E-state index in [1.807, 2.05) is 0 Å². The standard InChI is InChI=1S/C15H29N3/c1-6-13(7-2)18-11-10-12(17-18)8-9-14(16)15(3,4)5/h10-11,13-14H,6-9,16H2,1-5H3. The third-order valence-electron chi connectivity index (χ3n) is 3.80. The molecule has 0 aliphatic rings. The second-order valence-electron chi connectivity index (χ2n) is 6.27. The Kier molecular flexibility index (Phi) is 5.39. The summed E-state index contributed by atoms with van der Waals surface area (Å²) in [5, 5.41) is 4.67. The molecule has 0 aromatic carbocycles. The average Bonchev–Trinajstić information content (AvgIpc) is 2.75. The molecule has 0 radical (unpaired) electrons. The lowest BCUT2D eigenvalue weighted by atomic mass is 9.84. The van der Waals surface area contributed by atoms with E-state index in [4.69, 9.17) is 5.73 Å². The van der Waals surface area contributed by atoms with Crippen molar-refractivity contribution in [2.75, 3.05) is 0 Å². The van der Waals surface area contributed by atoms with Gasteiger partial charge >= 0.3 is 0 Å². The lowest BCUT2D eigenvalue weighted by Crippen LogP contribution is -2.35. The van der Waals surface area contributed by atoms with Gasteiger partial charge < -0.3 is 5.73 Å². The molecule has 1 heterocycles. The normalized spacial score (nSPS) is 14.2. The lowest BCUT2D eigenvalue weighted by molar-refractivity contribution is 0.305. The van der Waals surface area contributed by atoms with E-state index in [1.165, 1.54) is 5.69 Å². The van der Waals surface area contributed by atoms with E-state index in [0.29, 0.717) is 6.04 Å². The smallest absolute Gasteiger partial charge is 0.0625 e. The zero-order chi connectivity index (χ0) is 13.8. The number of hydrogen-bond donors (Lipinski definition) is 1. The number of nitrogens with two attached hydrogens (primary N) is 1. The molecule has 2 N–H and O–H groups in total. The second-order valence-corrected chi connectivity index (χ2v) is 6.27. The summed E-state index contributed by atoms with van der Waals surface area (Å²) in [6, 6.07) is 2.90. The van der Waals surface area contributed by atoms with Gasteiger partial charge in [-0.25, -0.2) is 0 Å². The van der Waals surface area contributed by atoms with Gasteiger partial charge in [-0.3, -0.25) is 4.68 Å². The summed E-state index contributed by atoms with van der Waals surface area (Å²) in [6.07, 6.45) is 6.36. The highest BCUT2D eigenvalue weighted by Gasteiger charge is 2.20. The molecule has 3 heteroatoms. The molecular weight excluding hydrogens is 222 g/mol. The van der Waals surface area contributed by atoms with Crippen LogP contribution in [0.15, 0.2) is 12.3 Å². The average molecular weight is 251 g/mol. The fourth-order valence-corrected chi connectivity index (χ4v) is 2.11. The number of rotatable bonds is 6. The molecule has 0 bridgehead atoms.